The molecule has 1 unspecified atom stereocenters. The Labute approximate surface area is 152 Å². The van der Waals surface area contributed by atoms with E-state index in [4.69, 9.17) is 0 Å². The standard InChI is InChI=1S/C23H30N2/c1-6-12-25-22-13-17(2)19(16-24-20-10-8-7-9-11-20)14-21(22)18(3)15-23(25,4)5/h7-11,13-14,16,18H,6,12,15H2,1-5H3. The monoisotopic (exact) mass is 334 g/mol. The lowest BCUT2D eigenvalue weighted by molar-refractivity contribution is 0.376. The molecule has 1 aliphatic rings. The summed E-state index contributed by atoms with van der Waals surface area (Å²) in [6, 6.07) is 14.9. The summed E-state index contributed by atoms with van der Waals surface area (Å²) in [6.45, 7) is 12.7. The number of anilines is 1. The lowest BCUT2D eigenvalue weighted by Crippen LogP contribution is -2.48. The van der Waals surface area contributed by atoms with Crippen LogP contribution in [0, 0.1) is 6.92 Å². The smallest absolute Gasteiger partial charge is 0.0629 e. The van der Waals surface area contributed by atoms with Gasteiger partial charge in [0.1, 0.15) is 0 Å². The second kappa shape index (κ2) is 7.03. The maximum Gasteiger partial charge on any atom is 0.0629 e. The van der Waals surface area contributed by atoms with Crippen LogP contribution >= 0.6 is 0 Å². The zero-order valence-corrected chi connectivity index (χ0v) is 16.2. The molecular formula is C23H30N2. The van der Waals surface area contributed by atoms with Crippen LogP contribution in [0.4, 0.5) is 11.4 Å². The number of rotatable bonds is 4. The Balaban J connectivity index is 2.00. The maximum absolute atomic E-state index is 4.66. The number of aliphatic imine (C=N–C) groups is 1. The minimum Gasteiger partial charge on any atom is -0.366 e. The van der Waals surface area contributed by atoms with Gasteiger partial charge in [-0.2, -0.15) is 0 Å². The highest BCUT2D eigenvalue weighted by Crippen LogP contribution is 2.44. The van der Waals surface area contributed by atoms with Crippen molar-refractivity contribution in [1.29, 1.82) is 0 Å². The first kappa shape index (κ1) is 17.7. The molecule has 0 aromatic heterocycles. The molecule has 1 heterocycles. The van der Waals surface area contributed by atoms with Gasteiger partial charge in [-0.1, -0.05) is 32.0 Å². The van der Waals surface area contributed by atoms with Gasteiger partial charge in [0.15, 0.2) is 0 Å². The van der Waals surface area contributed by atoms with Crippen molar-refractivity contribution >= 4 is 17.6 Å². The van der Waals surface area contributed by atoms with Gasteiger partial charge in [-0.3, -0.25) is 4.99 Å². The molecule has 2 aromatic carbocycles. The van der Waals surface area contributed by atoms with E-state index in [0.29, 0.717) is 5.92 Å². The van der Waals surface area contributed by atoms with E-state index in [0.717, 1.165) is 12.2 Å². The Morgan fingerprint density at radius 3 is 2.60 bits per heavy atom. The first-order valence-corrected chi connectivity index (χ1v) is 9.43. The molecule has 0 saturated heterocycles. The van der Waals surface area contributed by atoms with E-state index >= 15 is 0 Å². The predicted octanol–water partition coefficient (Wildman–Crippen LogP) is 6.25. The lowest BCUT2D eigenvalue weighted by Gasteiger charge is -2.48. The molecule has 3 rings (SSSR count). The molecule has 2 heteroatoms. The largest absolute Gasteiger partial charge is 0.366 e. The molecule has 25 heavy (non-hydrogen) atoms. The average Bonchev–Trinajstić information content (AvgIpc) is 2.57. The molecular weight excluding hydrogens is 304 g/mol. The minimum absolute atomic E-state index is 0.217. The summed E-state index contributed by atoms with van der Waals surface area (Å²) in [6.07, 6.45) is 4.38. The number of benzene rings is 2. The van der Waals surface area contributed by atoms with E-state index in [1.807, 2.05) is 36.5 Å². The minimum atomic E-state index is 0.217. The van der Waals surface area contributed by atoms with E-state index in [-0.39, 0.29) is 5.54 Å². The summed E-state index contributed by atoms with van der Waals surface area (Å²) < 4.78 is 0. The first-order chi connectivity index (χ1) is 11.9. The van der Waals surface area contributed by atoms with E-state index in [9.17, 15) is 0 Å². The number of nitrogens with zero attached hydrogens (tertiary/aromatic N) is 2. The second-order valence-corrected chi connectivity index (χ2v) is 7.93. The van der Waals surface area contributed by atoms with Crippen LogP contribution in [0.25, 0.3) is 0 Å². The van der Waals surface area contributed by atoms with Crippen LogP contribution in [0.2, 0.25) is 0 Å². The van der Waals surface area contributed by atoms with Gasteiger partial charge in [0.25, 0.3) is 0 Å². The highest BCUT2D eigenvalue weighted by atomic mass is 15.2. The second-order valence-electron chi connectivity index (χ2n) is 7.93. The number of fused-ring (bicyclic) bond motifs is 1. The molecule has 0 radical (unpaired) electrons. The van der Waals surface area contributed by atoms with Crippen LogP contribution in [0.15, 0.2) is 47.5 Å². The van der Waals surface area contributed by atoms with E-state index in [1.165, 1.54) is 35.2 Å². The third-order valence-electron chi connectivity index (χ3n) is 5.33. The van der Waals surface area contributed by atoms with Gasteiger partial charge in [-0.15, -0.1) is 0 Å². The summed E-state index contributed by atoms with van der Waals surface area (Å²) in [7, 11) is 0. The maximum atomic E-state index is 4.66. The zero-order chi connectivity index (χ0) is 18.0. The molecule has 132 valence electrons. The van der Waals surface area contributed by atoms with Gasteiger partial charge in [0.05, 0.1) is 5.69 Å². The highest BCUT2D eigenvalue weighted by molar-refractivity contribution is 5.86. The molecule has 0 aliphatic carbocycles. The highest BCUT2D eigenvalue weighted by Gasteiger charge is 2.36. The Kier molecular flexibility index (Phi) is 4.99. The van der Waals surface area contributed by atoms with Gasteiger partial charge in [-0.25, -0.2) is 0 Å². The summed E-state index contributed by atoms with van der Waals surface area (Å²) in [5, 5.41) is 0. The fraction of sp³-hybridized carbons (Fsp3) is 0.435. The Bertz CT molecular complexity index is 759. The third kappa shape index (κ3) is 3.63. The fourth-order valence-electron chi connectivity index (χ4n) is 4.09. The van der Waals surface area contributed by atoms with Crippen molar-refractivity contribution < 1.29 is 0 Å². The molecule has 1 aliphatic heterocycles. The summed E-state index contributed by atoms with van der Waals surface area (Å²) >= 11 is 0. The molecule has 1 atom stereocenters. The quantitative estimate of drug-likeness (QED) is 0.604. The van der Waals surface area contributed by atoms with Crippen LogP contribution < -0.4 is 4.90 Å². The fourth-order valence-corrected chi connectivity index (χ4v) is 4.09. The summed E-state index contributed by atoms with van der Waals surface area (Å²) in [4.78, 5) is 7.26. The molecule has 0 amide bonds. The molecule has 2 aromatic rings. The van der Waals surface area contributed by atoms with Crippen LogP contribution in [0.3, 0.4) is 0 Å². The van der Waals surface area contributed by atoms with Crippen LogP contribution in [-0.4, -0.2) is 18.3 Å². The number of hydrogen-bond acceptors (Lipinski definition) is 2. The third-order valence-corrected chi connectivity index (χ3v) is 5.33. The molecule has 0 fully saturated rings. The van der Waals surface area contributed by atoms with E-state index in [2.05, 4.69) is 56.6 Å². The van der Waals surface area contributed by atoms with Gasteiger partial charge < -0.3 is 4.90 Å². The normalized spacial score (nSPS) is 19.2. The van der Waals surface area contributed by atoms with Gasteiger partial charge in [0.2, 0.25) is 0 Å². The van der Waals surface area contributed by atoms with Crippen molar-refractivity contribution in [2.75, 3.05) is 11.4 Å². The van der Waals surface area contributed by atoms with Crippen molar-refractivity contribution in [3.05, 3.63) is 59.2 Å². The van der Waals surface area contributed by atoms with Crippen molar-refractivity contribution in [2.24, 2.45) is 4.99 Å². The van der Waals surface area contributed by atoms with Crippen molar-refractivity contribution in [1.82, 2.24) is 0 Å². The Hall–Kier alpha value is -2.09. The molecule has 0 N–H and O–H groups in total. The van der Waals surface area contributed by atoms with Gasteiger partial charge in [-0.05, 0) is 80.5 Å². The zero-order valence-electron chi connectivity index (χ0n) is 16.2. The van der Waals surface area contributed by atoms with Crippen molar-refractivity contribution in [3.8, 4) is 0 Å². The van der Waals surface area contributed by atoms with Crippen LogP contribution in [0.1, 0.15) is 63.1 Å². The van der Waals surface area contributed by atoms with Crippen molar-refractivity contribution in [2.45, 2.75) is 58.9 Å². The first-order valence-electron chi connectivity index (χ1n) is 9.43. The number of hydrogen-bond donors (Lipinski definition) is 0. The number of para-hydroxylation sites is 1. The molecule has 0 bridgehead atoms. The Morgan fingerprint density at radius 1 is 1.20 bits per heavy atom. The van der Waals surface area contributed by atoms with Crippen molar-refractivity contribution in [3.63, 3.8) is 0 Å². The van der Waals surface area contributed by atoms with Crippen LogP contribution in [-0.2, 0) is 0 Å². The molecule has 2 nitrogen and oxygen atoms in total. The van der Waals surface area contributed by atoms with E-state index in [1.54, 1.807) is 0 Å². The molecule has 0 saturated carbocycles. The lowest BCUT2D eigenvalue weighted by atomic mass is 9.79. The predicted molar refractivity (Wildman–Crippen MR) is 110 cm³/mol. The topological polar surface area (TPSA) is 15.6 Å². The summed E-state index contributed by atoms with van der Waals surface area (Å²) in [5.41, 5.74) is 6.62. The van der Waals surface area contributed by atoms with Gasteiger partial charge in [0, 0.05) is 24.0 Å². The van der Waals surface area contributed by atoms with Gasteiger partial charge >= 0.3 is 0 Å². The molecule has 0 spiro atoms. The average molecular weight is 335 g/mol. The SMILES string of the molecule is CCCN1c2cc(C)c(C=Nc3ccccc3)cc2C(C)CC1(C)C. The van der Waals surface area contributed by atoms with Crippen LogP contribution in [0.5, 0.6) is 0 Å². The summed E-state index contributed by atoms with van der Waals surface area (Å²) in [5.74, 6) is 0.572. The number of aryl methyl sites for hydroxylation is 1. The van der Waals surface area contributed by atoms with E-state index < -0.39 is 0 Å². The Morgan fingerprint density at radius 2 is 1.92 bits per heavy atom.